The number of nitrogens with zero attached hydrogens (tertiary/aromatic N) is 3. The summed E-state index contributed by atoms with van der Waals surface area (Å²) in [6.45, 7) is 1.48. The Balaban J connectivity index is 1.58. The second kappa shape index (κ2) is 8.65. The Kier molecular flexibility index (Phi) is 5.99. The van der Waals surface area contributed by atoms with Gasteiger partial charge in [-0.2, -0.15) is 0 Å². The summed E-state index contributed by atoms with van der Waals surface area (Å²) in [7, 11) is 5.78. The van der Waals surface area contributed by atoms with Gasteiger partial charge in [-0.15, -0.1) is 11.3 Å². The fraction of sp³-hybridized carbons (Fsp3) is 0.455. The molecule has 6 nitrogen and oxygen atoms in total. The molecule has 29 heavy (non-hydrogen) atoms. The summed E-state index contributed by atoms with van der Waals surface area (Å²) in [5.41, 5.74) is 1.48. The molecular formula is C22H27N3O3S. The van der Waals surface area contributed by atoms with Crippen molar-refractivity contribution in [3.05, 3.63) is 51.9 Å². The Morgan fingerprint density at radius 1 is 1.28 bits per heavy atom. The van der Waals surface area contributed by atoms with Crippen molar-refractivity contribution in [2.45, 2.75) is 25.4 Å². The van der Waals surface area contributed by atoms with Crippen molar-refractivity contribution >= 4 is 21.6 Å². The molecule has 0 spiro atoms. The summed E-state index contributed by atoms with van der Waals surface area (Å²) in [6, 6.07) is 9.57. The van der Waals surface area contributed by atoms with Crippen LogP contribution in [0.2, 0.25) is 0 Å². The third-order valence-electron chi connectivity index (χ3n) is 5.49. The highest BCUT2D eigenvalue weighted by molar-refractivity contribution is 7.19. The van der Waals surface area contributed by atoms with Gasteiger partial charge in [0.15, 0.2) is 0 Å². The van der Waals surface area contributed by atoms with E-state index in [0.717, 1.165) is 28.4 Å². The predicted octanol–water partition coefficient (Wildman–Crippen LogP) is 3.88. The van der Waals surface area contributed by atoms with Crippen LogP contribution in [0, 0.1) is 5.92 Å². The van der Waals surface area contributed by atoms with Crippen LogP contribution in [0.15, 0.2) is 41.5 Å². The van der Waals surface area contributed by atoms with Crippen molar-refractivity contribution in [2.75, 3.05) is 34.4 Å². The van der Waals surface area contributed by atoms with E-state index in [2.05, 4.69) is 9.88 Å². The van der Waals surface area contributed by atoms with E-state index in [4.69, 9.17) is 9.47 Å². The van der Waals surface area contributed by atoms with Crippen molar-refractivity contribution < 1.29 is 9.47 Å². The molecule has 0 bridgehead atoms. The molecule has 1 atom stereocenters. The van der Waals surface area contributed by atoms with Crippen molar-refractivity contribution in [2.24, 2.45) is 5.92 Å². The van der Waals surface area contributed by atoms with E-state index < -0.39 is 0 Å². The van der Waals surface area contributed by atoms with E-state index in [0.29, 0.717) is 17.2 Å². The molecule has 3 aromatic rings. The minimum Gasteiger partial charge on any atom is -0.492 e. The first kappa shape index (κ1) is 20.1. The monoisotopic (exact) mass is 413 g/mol. The number of likely N-dealkylation sites (N-methyl/N-ethyl adjacent to an activating group) is 1. The molecule has 1 saturated carbocycles. The van der Waals surface area contributed by atoms with E-state index in [1.807, 2.05) is 44.4 Å². The highest BCUT2D eigenvalue weighted by Crippen LogP contribution is 2.42. The molecule has 1 fully saturated rings. The Morgan fingerprint density at radius 3 is 2.66 bits per heavy atom. The van der Waals surface area contributed by atoms with Gasteiger partial charge in [0.25, 0.3) is 5.56 Å². The maximum atomic E-state index is 13.1. The van der Waals surface area contributed by atoms with Crippen LogP contribution in [-0.4, -0.2) is 48.8 Å². The molecule has 0 aliphatic heterocycles. The Morgan fingerprint density at radius 2 is 2.03 bits per heavy atom. The standard InChI is InChI=1S/C22H27N3O3S/c1-24(2)11-12-28-17-9-7-16(8-10-17)25-14-23-18-13-19(29-21(18)22(25)26)20(27-3)15-5-4-6-15/h7-10,13-15,20H,4-6,11-12H2,1-3H3. The van der Waals surface area contributed by atoms with Gasteiger partial charge in [-0.05, 0) is 63.2 Å². The summed E-state index contributed by atoms with van der Waals surface area (Å²) in [6.07, 6.45) is 5.30. The van der Waals surface area contributed by atoms with E-state index in [-0.39, 0.29) is 11.7 Å². The summed E-state index contributed by atoms with van der Waals surface area (Å²) in [5.74, 6) is 1.34. The van der Waals surface area contributed by atoms with E-state index in [9.17, 15) is 4.79 Å². The molecule has 154 valence electrons. The van der Waals surface area contributed by atoms with Gasteiger partial charge in [-0.25, -0.2) is 4.98 Å². The number of hydrogen-bond donors (Lipinski definition) is 0. The van der Waals surface area contributed by atoms with Crippen LogP contribution in [-0.2, 0) is 4.74 Å². The van der Waals surface area contributed by atoms with Crippen LogP contribution in [0.25, 0.3) is 15.9 Å². The molecule has 2 aromatic heterocycles. The first-order chi connectivity index (χ1) is 14.1. The van der Waals surface area contributed by atoms with Crippen LogP contribution >= 0.6 is 11.3 Å². The van der Waals surface area contributed by atoms with Crippen molar-refractivity contribution in [3.63, 3.8) is 0 Å². The van der Waals surface area contributed by atoms with Gasteiger partial charge in [0.1, 0.15) is 23.4 Å². The molecule has 0 N–H and O–H groups in total. The molecule has 1 aliphatic carbocycles. The summed E-state index contributed by atoms with van der Waals surface area (Å²) in [5, 5.41) is 0. The SMILES string of the molecule is COC(c1cc2ncn(-c3ccc(OCCN(C)C)cc3)c(=O)c2s1)C1CCC1. The highest BCUT2D eigenvalue weighted by atomic mass is 32.1. The van der Waals surface area contributed by atoms with Crippen LogP contribution in [0.1, 0.15) is 30.2 Å². The molecule has 1 aromatic carbocycles. The predicted molar refractivity (Wildman–Crippen MR) is 116 cm³/mol. The van der Waals surface area contributed by atoms with Crippen molar-refractivity contribution in [1.29, 1.82) is 0 Å². The topological polar surface area (TPSA) is 56.6 Å². The number of hydrogen-bond acceptors (Lipinski definition) is 6. The zero-order valence-corrected chi connectivity index (χ0v) is 17.9. The fourth-order valence-electron chi connectivity index (χ4n) is 3.59. The first-order valence-electron chi connectivity index (χ1n) is 9.98. The van der Waals surface area contributed by atoms with Gasteiger partial charge >= 0.3 is 0 Å². The minimum atomic E-state index is -0.0454. The molecule has 2 heterocycles. The second-order valence-corrected chi connectivity index (χ2v) is 8.86. The van der Waals surface area contributed by atoms with Crippen LogP contribution in [0.3, 0.4) is 0 Å². The summed E-state index contributed by atoms with van der Waals surface area (Å²) >= 11 is 1.51. The normalized spacial score (nSPS) is 15.6. The van der Waals surface area contributed by atoms with Gasteiger partial charge in [0.2, 0.25) is 0 Å². The smallest absolute Gasteiger partial charge is 0.275 e. The largest absolute Gasteiger partial charge is 0.492 e. The third-order valence-corrected chi connectivity index (χ3v) is 6.67. The number of ether oxygens (including phenoxy) is 2. The van der Waals surface area contributed by atoms with E-state index in [1.54, 1.807) is 18.0 Å². The lowest BCUT2D eigenvalue weighted by Crippen LogP contribution is -2.20. The number of fused-ring (bicyclic) bond motifs is 1. The number of benzene rings is 1. The number of rotatable bonds is 8. The van der Waals surface area contributed by atoms with Gasteiger partial charge in [0.05, 0.1) is 17.3 Å². The first-order valence-corrected chi connectivity index (χ1v) is 10.8. The fourth-order valence-corrected chi connectivity index (χ4v) is 4.80. The van der Waals surface area contributed by atoms with Crippen molar-refractivity contribution in [1.82, 2.24) is 14.5 Å². The highest BCUT2D eigenvalue weighted by Gasteiger charge is 2.30. The summed E-state index contributed by atoms with van der Waals surface area (Å²) in [4.78, 5) is 20.8. The lowest BCUT2D eigenvalue weighted by molar-refractivity contribution is 0.0205. The zero-order valence-electron chi connectivity index (χ0n) is 17.1. The number of thiophene rings is 1. The Labute approximate surface area is 174 Å². The van der Waals surface area contributed by atoms with Gasteiger partial charge in [-0.3, -0.25) is 9.36 Å². The average molecular weight is 414 g/mol. The average Bonchev–Trinajstić information content (AvgIpc) is 3.10. The zero-order chi connectivity index (χ0) is 20.4. The lowest BCUT2D eigenvalue weighted by atomic mass is 9.80. The molecule has 0 saturated heterocycles. The summed E-state index contributed by atoms with van der Waals surface area (Å²) < 4.78 is 13.7. The number of aromatic nitrogens is 2. The van der Waals surface area contributed by atoms with Crippen LogP contribution in [0.4, 0.5) is 0 Å². The third kappa shape index (κ3) is 4.22. The van der Waals surface area contributed by atoms with E-state index in [1.165, 1.54) is 30.6 Å². The van der Waals surface area contributed by atoms with Gasteiger partial charge in [-0.1, -0.05) is 6.42 Å². The van der Waals surface area contributed by atoms with Gasteiger partial charge in [0, 0.05) is 18.5 Å². The maximum Gasteiger partial charge on any atom is 0.275 e. The second-order valence-electron chi connectivity index (χ2n) is 7.78. The molecule has 1 aliphatic rings. The van der Waals surface area contributed by atoms with Gasteiger partial charge < -0.3 is 14.4 Å². The minimum absolute atomic E-state index is 0.0454. The lowest BCUT2D eigenvalue weighted by Gasteiger charge is -2.32. The molecule has 7 heteroatoms. The number of methoxy groups -OCH3 is 1. The molecular weight excluding hydrogens is 386 g/mol. The van der Waals surface area contributed by atoms with Crippen LogP contribution in [0.5, 0.6) is 5.75 Å². The Hall–Kier alpha value is -2.22. The van der Waals surface area contributed by atoms with Crippen molar-refractivity contribution in [3.8, 4) is 11.4 Å². The quantitative estimate of drug-likeness (QED) is 0.561. The Bertz CT molecular complexity index is 1020. The van der Waals surface area contributed by atoms with E-state index >= 15 is 0 Å². The molecule has 0 amide bonds. The molecule has 4 rings (SSSR count). The van der Waals surface area contributed by atoms with Crippen LogP contribution < -0.4 is 10.3 Å². The molecule has 1 unspecified atom stereocenters. The molecule has 0 radical (unpaired) electrons. The maximum absolute atomic E-state index is 13.1.